The zero-order chi connectivity index (χ0) is 24.4. The zero-order valence-corrected chi connectivity index (χ0v) is 22.0. The molecule has 0 aliphatic heterocycles. The summed E-state index contributed by atoms with van der Waals surface area (Å²) < 4.78 is 59.4. The number of hydrogen-bond acceptors (Lipinski definition) is 11. The number of nitrogens with zero attached hydrogens (tertiary/aromatic N) is 4. The first-order chi connectivity index (χ1) is 15.4. The van der Waals surface area contributed by atoms with Gasteiger partial charge in [-0.1, -0.05) is 6.07 Å². The number of nitrogens with two attached hydrogens (primary N) is 1. The molecule has 14 nitrogen and oxygen atoms in total. The second-order valence-electron chi connectivity index (χ2n) is 6.29. The SMILES string of the molecule is Nc1nc(N=Nc2ccc([N+](=O)[O-])cc2NS(=O)(=O)c2cccc(S(=O)(=O)O)c2)ccc1O.[H-].[K+]. The molecule has 0 aliphatic carbocycles. The van der Waals surface area contributed by atoms with Crippen molar-refractivity contribution in [1.29, 1.82) is 0 Å². The fourth-order valence-electron chi connectivity index (χ4n) is 2.43. The summed E-state index contributed by atoms with van der Waals surface area (Å²) in [7, 11) is -9.16. The number of sulfonamides is 1. The van der Waals surface area contributed by atoms with Gasteiger partial charge in [-0.15, -0.1) is 10.2 Å². The Morgan fingerprint density at radius 2 is 1.71 bits per heavy atom. The number of azo groups is 1. The monoisotopic (exact) mass is 534 g/mol. The molecule has 0 atom stereocenters. The molecule has 2 aromatic carbocycles. The van der Waals surface area contributed by atoms with Crippen LogP contribution in [0.25, 0.3) is 0 Å². The predicted molar refractivity (Wildman–Crippen MR) is 116 cm³/mol. The van der Waals surface area contributed by atoms with Crippen molar-refractivity contribution in [3.8, 4) is 5.75 Å². The molecule has 3 rings (SSSR count). The Morgan fingerprint density at radius 1 is 1.03 bits per heavy atom. The van der Waals surface area contributed by atoms with Crippen LogP contribution in [0.3, 0.4) is 0 Å². The minimum Gasteiger partial charge on any atom is -1.00 e. The zero-order valence-electron chi connectivity index (χ0n) is 18.2. The number of nitro benzene ring substituents is 1. The van der Waals surface area contributed by atoms with E-state index in [1.54, 1.807) is 0 Å². The van der Waals surface area contributed by atoms with Crippen molar-refractivity contribution in [2.45, 2.75) is 9.79 Å². The Balaban J connectivity index is 0.00000306. The number of nitrogen functional groups attached to an aromatic ring is 1. The minimum absolute atomic E-state index is 0. The van der Waals surface area contributed by atoms with Crippen LogP contribution in [-0.2, 0) is 20.1 Å². The number of nitrogens with one attached hydrogen (secondary N) is 1. The molecule has 5 N–H and O–H groups in total. The fourth-order valence-corrected chi connectivity index (χ4v) is 4.14. The molecule has 0 saturated carbocycles. The maximum Gasteiger partial charge on any atom is 1.00 e. The van der Waals surface area contributed by atoms with E-state index in [2.05, 4.69) is 19.9 Å². The smallest absolute Gasteiger partial charge is 1.00 e. The molecule has 0 saturated heterocycles. The van der Waals surface area contributed by atoms with Crippen LogP contribution in [0.15, 0.2) is 74.6 Å². The van der Waals surface area contributed by atoms with Crippen molar-refractivity contribution in [2.75, 3.05) is 10.5 Å². The molecule has 3 aromatic rings. The second kappa shape index (κ2) is 10.8. The molecule has 34 heavy (non-hydrogen) atoms. The third-order valence-corrected chi connectivity index (χ3v) is 6.21. The molecular formula is C17H15KN6O8S2. The molecule has 0 amide bonds. The number of hydrogen-bond donors (Lipinski definition) is 4. The number of non-ortho nitro benzene ring substituents is 1. The van der Waals surface area contributed by atoms with Crippen LogP contribution < -0.4 is 61.8 Å². The summed E-state index contributed by atoms with van der Waals surface area (Å²) in [5.41, 5.74) is 4.51. The average Bonchev–Trinajstić information content (AvgIpc) is 2.74. The Morgan fingerprint density at radius 3 is 2.32 bits per heavy atom. The van der Waals surface area contributed by atoms with Crippen LogP contribution >= 0.6 is 0 Å². The number of benzene rings is 2. The van der Waals surface area contributed by atoms with Crippen molar-refractivity contribution in [2.24, 2.45) is 10.2 Å². The van der Waals surface area contributed by atoms with Gasteiger partial charge in [-0.2, -0.15) is 8.42 Å². The largest absolute Gasteiger partial charge is 1.00 e. The van der Waals surface area contributed by atoms with Gasteiger partial charge < -0.3 is 12.3 Å². The number of pyridine rings is 1. The van der Waals surface area contributed by atoms with Gasteiger partial charge in [-0.05, 0) is 36.4 Å². The molecule has 0 unspecified atom stereocenters. The summed E-state index contributed by atoms with van der Waals surface area (Å²) in [6, 6.07) is 9.38. The molecule has 0 spiro atoms. The van der Waals surface area contributed by atoms with Crippen molar-refractivity contribution in [3.05, 3.63) is 64.7 Å². The quantitative estimate of drug-likeness (QED) is 0.103. The standard InChI is InChI=1S/C17H14N6O8S2.K.H/c18-17-15(24)6-7-16(19-17)21-20-13-5-4-10(23(25)26)8-14(13)22-32(27,28)11-2-1-3-12(9-11)33(29,30)31;;/h1-9,22,24H,(H2,18,19)(H,29,30,31);;/q;+1;-1. The van der Waals surface area contributed by atoms with Gasteiger partial charge in [0.2, 0.25) is 0 Å². The van der Waals surface area contributed by atoms with E-state index in [-0.39, 0.29) is 81.6 Å². The second-order valence-corrected chi connectivity index (χ2v) is 9.39. The minimum atomic E-state index is -4.68. The maximum atomic E-state index is 12.8. The van der Waals surface area contributed by atoms with Crippen LogP contribution in [-0.4, -0.2) is 36.4 Å². The van der Waals surface area contributed by atoms with Crippen molar-refractivity contribution >= 4 is 48.8 Å². The van der Waals surface area contributed by atoms with Crippen molar-refractivity contribution in [3.63, 3.8) is 0 Å². The number of nitro groups is 1. The molecule has 0 aliphatic rings. The summed E-state index contributed by atoms with van der Waals surface area (Å²) in [4.78, 5) is 12.9. The van der Waals surface area contributed by atoms with E-state index in [1.807, 2.05) is 0 Å². The van der Waals surface area contributed by atoms with Crippen molar-refractivity contribution in [1.82, 2.24) is 4.98 Å². The number of anilines is 2. The van der Waals surface area contributed by atoms with Crippen LogP contribution in [0.4, 0.5) is 28.7 Å². The van der Waals surface area contributed by atoms with E-state index in [4.69, 9.17) is 10.3 Å². The Labute approximate surface area is 236 Å². The van der Waals surface area contributed by atoms with E-state index in [1.165, 1.54) is 12.1 Å². The molecule has 1 aromatic heterocycles. The van der Waals surface area contributed by atoms with Crippen LogP contribution in [0.5, 0.6) is 5.75 Å². The Hall–Kier alpha value is -2.51. The molecule has 17 heteroatoms. The van der Waals surface area contributed by atoms with E-state index in [9.17, 15) is 32.1 Å². The first-order valence-electron chi connectivity index (χ1n) is 8.63. The molecule has 1 heterocycles. The summed E-state index contributed by atoms with van der Waals surface area (Å²) in [5.74, 6) is -0.557. The van der Waals surface area contributed by atoms with Crippen molar-refractivity contribution < 1.29 is 84.2 Å². The molecule has 174 valence electrons. The van der Waals surface area contributed by atoms with Crippen LogP contribution in [0.1, 0.15) is 1.43 Å². The van der Waals surface area contributed by atoms with Gasteiger partial charge in [0.25, 0.3) is 25.8 Å². The third-order valence-electron chi connectivity index (χ3n) is 4.00. The number of aromatic nitrogens is 1. The van der Waals surface area contributed by atoms with Crippen LogP contribution in [0.2, 0.25) is 0 Å². The number of rotatable bonds is 7. The van der Waals surface area contributed by atoms with Crippen LogP contribution in [0, 0.1) is 10.1 Å². The maximum absolute atomic E-state index is 12.8. The predicted octanol–water partition coefficient (Wildman–Crippen LogP) is -0.143. The number of aromatic hydroxyl groups is 1. The van der Waals surface area contributed by atoms with E-state index >= 15 is 0 Å². The van der Waals surface area contributed by atoms with Gasteiger partial charge in [-0.25, -0.2) is 13.4 Å². The average molecular weight is 535 g/mol. The Kier molecular flexibility index (Phi) is 8.83. The van der Waals surface area contributed by atoms with E-state index in [0.29, 0.717) is 6.07 Å². The molecule has 0 radical (unpaired) electrons. The first kappa shape index (κ1) is 27.7. The topological polar surface area (TPSA) is 228 Å². The van der Waals surface area contributed by atoms with E-state index in [0.717, 1.165) is 36.4 Å². The van der Waals surface area contributed by atoms with Gasteiger partial charge in [0.05, 0.1) is 20.4 Å². The fraction of sp³-hybridized carbons (Fsp3) is 0. The van der Waals surface area contributed by atoms with Gasteiger partial charge in [-0.3, -0.25) is 19.4 Å². The molecular weight excluding hydrogens is 519 g/mol. The summed E-state index contributed by atoms with van der Waals surface area (Å²) in [6.07, 6.45) is 0. The third kappa shape index (κ3) is 6.76. The Bertz CT molecular complexity index is 1500. The van der Waals surface area contributed by atoms with Gasteiger partial charge >= 0.3 is 51.4 Å². The first-order valence-corrected chi connectivity index (χ1v) is 11.6. The normalized spacial score (nSPS) is 11.7. The van der Waals surface area contributed by atoms with Gasteiger partial charge in [0.15, 0.2) is 17.4 Å². The van der Waals surface area contributed by atoms with Gasteiger partial charge in [0, 0.05) is 12.1 Å². The summed E-state index contributed by atoms with van der Waals surface area (Å²) in [5, 5.41) is 28.1. The molecule has 0 bridgehead atoms. The van der Waals surface area contributed by atoms with Gasteiger partial charge in [0.1, 0.15) is 5.69 Å². The molecule has 0 fully saturated rings. The summed E-state index contributed by atoms with van der Waals surface area (Å²) in [6.45, 7) is 0. The summed E-state index contributed by atoms with van der Waals surface area (Å²) >= 11 is 0. The van der Waals surface area contributed by atoms with E-state index < -0.39 is 40.5 Å².